The third-order valence-corrected chi connectivity index (χ3v) is 7.99. The number of hydrogen-bond acceptors (Lipinski definition) is 9. The molecule has 1 atom stereocenters. The summed E-state index contributed by atoms with van der Waals surface area (Å²) in [5, 5.41) is 7.74. The fourth-order valence-electron chi connectivity index (χ4n) is 4.44. The molecule has 4 aromatic rings. The first-order valence-corrected chi connectivity index (χ1v) is 13.4. The molecule has 1 aliphatic rings. The molecule has 3 heterocycles. The molecule has 11 nitrogen and oxygen atoms in total. The van der Waals surface area contributed by atoms with Gasteiger partial charge in [0.05, 0.1) is 31.9 Å². The van der Waals surface area contributed by atoms with Crippen LogP contribution in [0.4, 0.5) is 16.3 Å². The molecule has 38 heavy (non-hydrogen) atoms. The van der Waals surface area contributed by atoms with Crippen molar-refractivity contribution in [2.75, 3.05) is 36.9 Å². The molecule has 0 spiro atoms. The zero-order valence-electron chi connectivity index (χ0n) is 20.8. The van der Waals surface area contributed by atoms with E-state index in [-0.39, 0.29) is 18.4 Å². The predicted octanol–water partition coefficient (Wildman–Crippen LogP) is 3.29. The first-order valence-electron chi connectivity index (χ1n) is 11.9. The Labute approximate surface area is 219 Å². The third kappa shape index (κ3) is 4.96. The maximum absolute atomic E-state index is 13.6. The molecule has 0 unspecified atom stereocenters. The number of methoxy groups -OCH3 is 2. The molecule has 13 heteroatoms. The number of nitrogens with zero attached hydrogens (tertiary/aromatic N) is 6. The number of piperidine rings is 1. The molecular formula is C25H26FN7O4S. The van der Waals surface area contributed by atoms with E-state index in [0.29, 0.717) is 42.4 Å². The van der Waals surface area contributed by atoms with Gasteiger partial charge in [-0.3, -0.25) is 9.29 Å². The van der Waals surface area contributed by atoms with E-state index in [2.05, 4.69) is 24.9 Å². The maximum atomic E-state index is 13.6. The van der Waals surface area contributed by atoms with Crippen LogP contribution < -0.4 is 19.1 Å². The van der Waals surface area contributed by atoms with Crippen molar-refractivity contribution >= 4 is 21.9 Å². The molecule has 5 rings (SSSR count). The zero-order valence-corrected chi connectivity index (χ0v) is 21.6. The molecule has 1 fully saturated rings. The first-order chi connectivity index (χ1) is 18.4. The number of aromatic nitrogens is 5. The van der Waals surface area contributed by atoms with E-state index in [1.165, 1.54) is 14.2 Å². The van der Waals surface area contributed by atoms with Crippen LogP contribution in [0.5, 0.6) is 11.5 Å². The Kier molecular flexibility index (Phi) is 7.09. The summed E-state index contributed by atoms with van der Waals surface area (Å²) in [4.78, 5) is 9.74. The highest BCUT2D eigenvalue weighted by atomic mass is 32.2. The number of nitrogens with one attached hydrogen (secondary N) is 1. The molecule has 1 aliphatic heterocycles. The number of para-hydroxylation sites is 1. The van der Waals surface area contributed by atoms with Crippen molar-refractivity contribution < 1.29 is 22.3 Å². The van der Waals surface area contributed by atoms with Crippen LogP contribution in [0, 0.1) is 5.82 Å². The molecule has 1 saturated heterocycles. The van der Waals surface area contributed by atoms with Crippen molar-refractivity contribution in [1.29, 1.82) is 0 Å². The monoisotopic (exact) mass is 539 g/mol. The molecule has 0 bridgehead atoms. The van der Waals surface area contributed by atoms with Gasteiger partial charge in [-0.1, -0.05) is 36.4 Å². The van der Waals surface area contributed by atoms with Crippen molar-refractivity contribution in [1.82, 2.24) is 24.7 Å². The predicted molar refractivity (Wildman–Crippen MR) is 140 cm³/mol. The lowest BCUT2D eigenvalue weighted by Gasteiger charge is -2.32. The van der Waals surface area contributed by atoms with Crippen molar-refractivity contribution in [3.05, 3.63) is 66.7 Å². The quantitative estimate of drug-likeness (QED) is 0.359. The van der Waals surface area contributed by atoms with E-state index in [1.807, 2.05) is 30.3 Å². The van der Waals surface area contributed by atoms with E-state index in [0.717, 1.165) is 18.0 Å². The standard InChI is InChI=1S/C25H26FN7O4S/c1-36-20-11-6-12-21(37-2)22(20)33-23(17-8-4-3-5-9-17)29-30-25(33)31-38(34,35)19-10-7-13-32(16-19)24-27-14-18(26)15-28-24/h3-6,8-9,11-12,14-15,19H,7,10,13,16H2,1-2H3,(H,30,31)/t19-/m0/s1. The van der Waals surface area contributed by atoms with Gasteiger partial charge in [0.15, 0.2) is 11.6 Å². The van der Waals surface area contributed by atoms with Crippen LogP contribution >= 0.6 is 0 Å². The highest BCUT2D eigenvalue weighted by Gasteiger charge is 2.34. The topological polar surface area (TPSA) is 124 Å². The number of sulfonamides is 1. The summed E-state index contributed by atoms with van der Waals surface area (Å²) in [7, 11) is -0.917. The van der Waals surface area contributed by atoms with E-state index in [4.69, 9.17) is 9.47 Å². The zero-order chi connectivity index (χ0) is 26.7. The summed E-state index contributed by atoms with van der Waals surface area (Å²) in [6, 6.07) is 14.5. The number of rotatable bonds is 8. The Hall–Kier alpha value is -4.26. The summed E-state index contributed by atoms with van der Waals surface area (Å²) in [5.41, 5.74) is 1.17. The second-order valence-corrected chi connectivity index (χ2v) is 10.6. The van der Waals surface area contributed by atoms with Crippen molar-refractivity contribution in [3.8, 4) is 28.6 Å². The summed E-state index contributed by atoms with van der Waals surface area (Å²) >= 11 is 0. The van der Waals surface area contributed by atoms with E-state index in [1.54, 1.807) is 27.7 Å². The summed E-state index contributed by atoms with van der Waals surface area (Å²) in [5.74, 6) is 0.993. The van der Waals surface area contributed by atoms with Gasteiger partial charge in [-0.05, 0) is 25.0 Å². The van der Waals surface area contributed by atoms with Gasteiger partial charge in [-0.2, -0.15) is 0 Å². The second kappa shape index (κ2) is 10.6. The van der Waals surface area contributed by atoms with Crippen LogP contribution in [-0.2, 0) is 10.0 Å². The second-order valence-electron chi connectivity index (χ2n) is 8.62. The molecule has 0 amide bonds. The smallest absolute Gasteiger partial charge is 0.243 e. The largest absolute Gasteiger partial charge is 0.494 e. The minimum Gasteiger partial charge on any atom is -0.494 e. The molecule has 0 aliphatic carbocycles. The lowest BCUT2D eigenvalue weighted by atomic mass is 10.1. The Morgan fingerprint density at radius 2 is 1.66 bits per heavy atom. The van der Waals surface area contributed by atoms with Gasteiger partial charge in [0.1, 0.15) is 17.2 Å². The minimum atomic E-state index is -3.95. The van der Waals surface area contributed by atoms with Gasteiger partial charge in [-0.15, -0.1) is 10.2 Å². The van der Waals surface area contributed by atoms with Gasteiger partial charge in [0.25, 0.3) is 0 Å². The van der Waals surface area contributed by atoms with Crippen molar-refractivity contribution in [2.24, 2.45) is 0 Å². The Morgan fingerprint density at radius 3 is 2.32 bits per heavy atom. The fourth-order valence-corrected chi connectivity index (χ4v) is 5.85. The van der Waals surface area contributed by atoms with Crippen LogP contribution in [0.15, 0.2) is 60.9 Å². The highest BCUT2D eigenvalue weighted by molar-refractivity contribution is 7.93. The van der Waals surface area contributed by atoms with E-state index >= 15 is 0 Å². The van der Waals surface area contributed by atoms with E-state index in [9.17, 15) is 12.8 Å². The fraction of sp³-hybridized carbons (Fsp3) is 0.280. The Bertz CT molecular complexity index is 1490. The van der Waals surface area contributed by atoms with Crippen LogP contribution in [0.2, 0.25) is 0 Å². The van der Waals surface area contributed by atoms with Gasteiger partial charge >= 0.3 is 0 Å². The first kappa shape index (κ1) is 25.4. The number of hydrogen-bond donors (Lipinski definition) is 1. The van der Waals surface area contributed by atoms with Crippen LogP contribution in [0.1, 0.15) is 12.8 Å². The average Bonchev–Trinajstić information content (AvgIpc) is 3.35. The van der Waals surface area contributed by atoms with Crippen molar-refractivity contribution in [2.45, 2.75) is 18.1 Å². The SMILES string of the molecule is COc1cccc(OC)c1-n1c(NS(=O)(=O)[C@H]2CCCN(c3ncc(F)cn3)C2)nnc1-c1ccccc1. The van der Waals surface area contributed by atoms with Crippen LogP contribution in [0.25, 0.3) is 17.1 Å². The van der Waals surface area contributed by atoms with Gasteiger partial charge in [0, 0.05) is 18.7 Å². The average molecular weight is 540 g/mol. The summed E-state index contributed by atoms with van der Waals surface area (Å²) in [6.45, 7) is 0.697. The lowest BCUT2D eigenvalue weighted by molar-refractivity contribution is 0.391. The Morgan fingerprint density at radius 1 is 0.974 bits per heavy atom. The summed E-state index contributed by atoms with van der Waals surface area (Å²) < 4.78 is 56.0. The normalized spacial score (nSPS) is 15.8. The van der Waals surface area contributed by atoms with E-state index < -0.39 is 21.1 Å². The van der Waals surface area contributed by atoms with Gasteiger partial charge in [0.2, 0.25) is 21.9 Å². The molecule has 2 aromatic heterocycles. The van der Waals surface area contributed by atoms with Crippen LogP contribution in [-0.4, -0.2) is 65.7 Å². The number of halogens is 1. The molecule has 0 radical (unpaired) electrons. The lowest BCUT2D eigenvalue weighted by Crippen LogP contribution is -2.45. The van der Waals surface area contributed by atoms with Crippen molar-refractivity contribution in [3.63, 3.8) is 0 Å². The minimum absolute atomic E-state index is 0.0122. The van der Waals surface area contributed by atoms with Crippen LogP contribution in [0.3, 0.4) is 0 Å². The third-order valence-electron chi connectivity index (χ3n) is 6.26. The Balaban J connectivity index is 1.54. The maximum Gasteiger partial charge on any atom is 0.243 e. The highest BCUT2D eigenvalue weighted by Crippen LogP contribution is 2.38. The summed E-state index contributed by atoms with van der Waals surface area (Å²) in [6.07, 6.45) is 3.14. The molecular weight excluding hydrogens is 513 g/mol. The number of benzene rings is 2. The number of anilines is 2. The molecule has 1 N–H and O–H groups in total. The van der Waals surface area contributed by atoms with Gasteiger partial charge in [-0.25, -0.2) is 22.8 Å². The number of ether oxygens (including phenoxy) is 2. The molecule has 0 saturated carbocycles. The molecule has 198 valence electrons. The molecule has 2 aromatic carbocycles. The van der Waals surface area contributed by atoms with Gasteiger partial charge < -0.3 is 14.4 Å².